The van der Waals surface area contributed by atoms with Crippen LogP contribution in [0.3, 0.4) is 0 Å². The Morgan fingerprint density at radius 3 is 2.52 bits per heavy atom. The molecule has 0 aliphatic rings. The van der Waals surface area contributed by atoms with Gasteiger partial charge in [0.1, 0.15) is 17.3 Å². The molecule has 2 N–H and O–H groups in total. The van der Waals surface area contributed by atoms with Gasteiger partial charge in [0, 0.05) is 0 Å². The molecule has 0 amide bonds. The molecular weight excluding hydrogens is 271 g/mol. The monoisotopic (exact) mass is 284 g/mol. The number of benzene rings is 1. The van der Waals surface area contributed by atoms with Crippen molar-refractivity contribution in [3.63, 3.8) is 0 Å². The normalized spacial score (nSPS) is 10.6. The van der Waals surface area contributed by atoms with E-state index in [2.05, 4.69) is 10.1 Å². The molecule has 0 atom stereocenters. The van der Waals surface area contributed by atoms with Crippen LogP contribution in [0.1, 0.15) is 0 Å². The summed E-state index contributed by atoms with van der Waals surface area (Å²) in [5, 5.41) is 4.40. The van der Waals surface area contributed by atoms with E-state index in [0.717, 1.165) is 17.6 Å². The van der Waals surface area contributed by atoms with Gasteiger partial charge in [-0.1, -0.05) is 0 Å². The summed E-state index contributed by atoms with van der Waals surface area (Å²) in [5.41, 5.74) is 8.33. The van der Waals surface area contributed by atoms with Crippen LogP contribution in [0, 0.1) is 5.82 Å². The highest BCUT2D eigenvalue weighted by atomic mass is 19.1. The summed E-state index contributed by atoms with van der Waals surface area (Å²) in [6, 6.07) is 10.3. The number of rotatable bonds is 3. The number of anilines is 1. The van der Waals surface area contributed by atoms with Crippen LogP contribution in [0.25, 0.3) is 17.1 Å². The minimum Gasteiger partial charge on any atom is -0.497 e. The number of halogens is 1. The van der Waals surface area contributed by atoms with Crippen molar-refractivity contribution in [2.45, 2.75) is 0 Å². The number of ether oxygens (including phenoxy) is 1. The van der Waals surface area contributed by atoms with Gasteiger partial charge < -0.3 is 10.5 Å². The first-order chi connectivity index (χ1) is 10.2. The highest BCUT2D eigenvalue weighted by Gasteiger charge is 2.11. The van der Waals surface area contributed by atoms with Crippen molar-refractivity contribution in [2.24, 2.45) is 0 Å². The second-order valence-corrected chi connectivity index (χ2v) is 4.44. The van der Waals surface area contributed by atoms with Gasteiger partial charge in [0.05, 0.1) is 36.6 Å². The maximum atomic E-state index is 12.9. The molecule has 2 heterocycles. The Morgan fingerprint density at radius 1 is 1.14 bits per heavy atom. The van der Waals surface area contributed by atoms with Gasteiger partial charge in [0.25, 0.3) is 0 Å². The Hall–Kier alpha value is -2.89. The third-order valence-electron chi connectivity index (χ3n) is 3.05. The first-order valence-electron chi connectivity index (χ1n) is 6.29. The number of nitrogen functional groups attached to an aromatic ring is 1. The van der Waals surface area contributed by atoms with E-state index < -0.39 is 5.82 Å². The van der Waals surface area contributed by atoms with Gasteiger partial charge in [0.15, 0.2) is 0 Å². The fourth-order valence-electron chi connectivity index (χ4n) is 1.97. The number of hydrogen-bond donors (Lipinski definition) is 1. The van der Waals surface area contributed by atoms with E-state index in [4.69, 9.17) is 10.5 Å². The molecule has 0 fully saturated rings. The van der Waals surface area contributed by atoms with Gasteiger partial charge in [-0.25, -0.2) is 9.07 Å². The molecule has 0 saturated carbocycles. The highest BCUT2D eigenvalue weighted by molar-refractivity contribution is 5.69. The molecule has 1 aromatic carbocycles. The summed E-state index contributed by atoms with van der Waals surface area (Å²) < 4.78 is 19.7. The molecule has 3 rings (SSSR count). The Labute approximate surface area is 120 Å². The first kappa shape index (κ1) is 13.1. The van der Waals surface area contributed by atoms with Crippen molar-refractivity contribution in [1.82, 2.24) is 14.8 Å². The van der Waals surface area contributed by atoms with Crippen molar-refractivity contribution in [3.05, 3.63) is 54.6 Å². The SMILES string of the molecule is COc1ccc(-n2cc(N)c(-c3ccc(F)cn3)n2)cc1. The molecule has 0 radical (unpaired) electrons. The molecule has 0 spiro atoms. The van der Waals surface area contributed by atoms with Crippen LogP contribution in [0.5, 0.6) is 5.75 Å². The van der Waals surface area contributed by atoms with Crippen LogP contribution < -0.4 is 10.5 Å². The van der Waals surface area contributed by atoms with E-state index >= 15 is 0 Å². The average Bonchev–Trinajstić information content (AvgIpc) is 2.90. The Bertz CT molecular complexity index is 750. The Balaban J connectivity index is 1.98. The van der Waals surface area contributed by atoms with E-state index in [1.807, 2.05) is 24.3 Å². The molecule has 0 bridgehead atoms. The number of nitrogens with two attached hydrogens (primary N) is 1. The predicted octanol–water partition coefficient (Wildman–Crippen LogP) is 2.66. The number of hydrogen-bond acceptors (Lipinski definition) is 4. The van der Waals surface area contributed by atoms with Crippen LogP contribution in [-0.2, 0) is 0 Å². The summed E-state index contributed by atoms with van der Waals surface area (Å²) >= 11 is 0. The zero-order chi connectivity index (χ0) is 14.8. The lowest BCUT2D eigenvalue weighted by molar-refractivity contribution is 0.414. The molecule has 3 aromatic rings. The number of aromatic nitrogens is 3. The summed E-state index contributed by atoms with van der Waals surface area (Å²) in [6.07, 6.45) is 2.84. The largest absolute Gasteiger partial charge is 0.497 e. The molecule has 0 saturated heterocycles. The minimum atomic E-state index is -0.396. The van der Waals surface area contributed by atoms with Crippen molar-refractivity contribution in [1.29, 1.82) is 0 Å². The summed E-state index contributed by atoms with van der Waals surface area (Å²) in [7, 11) is 1.61. The molecule has 21 heavy (non-hydrogen) atoms. The topological polar surface area (TPSA) is 66.0 Å². The Kier molecular flexibility index (Phi) is 3.27. The predicted molar refractivity (Wildman–Crippen MR) is 77.7 cm³/mol. The van der Waals surface area contributed by atoms with E-state index in [1.165, 1.54) is 6.07 Å². The lowest BCUT2D eigenvalue weighted by Gasteiger charge is -2.03. The maximum absolute atomic E-state index is 12.9. The average molecular weight is 284 g/mol. The van der Waals surface area contributed by atoms with Gasteiger partial charge in [-0.2, -0.15) is 5.10 Å². The second-order valence-electron chi connectivity index (χ2n) is 4.44. The fourth-order valence-corrected chi connectivity index (χ4v) is 1.97. The van der Waals surface area contributed by atoms with Crippen LogP contribution >= 0.6 is 0 Å². The van der Waals surface area contributed by atoms with E-state index in [9.17, 15) is 4.39 Å². The smallest absolute Gasteiger partial charge is 0.141 e. The van der Waals surface area contributed by atoms with Gasteiger partial charge in [0.2, 0.25) is 0 Å². The standard InChI is InChI=1S/C15H13FN4O/c1-21-12-5-3-11(4-6-12)20-9-13(17)15(19-20)14-7-2-10(16)8-18-14/h2-9H,17H2,1H3. The van der Waals surface area contributed by atoms with Crippen molar-refractivity contribution in [2.75, 3.05) is 12.8 Å². The second kappa shape index (κ2) is 5.24. The maximum Gasteiger partial charge on any atom is 0.141 e. The first-order valence-corrected chi connectivity index (χ1v) is 6.29. The fraction of sp³-hybridized carbons (Fsp3) is 0.0667. The van der Waals surface area contributed by atoms with Crippen LogP contribution in [0.2, 0.25) is 0 Å². The lowest BCUT2D eigenvalue weighted by atomic mass is 10.2. The van der Waals surface area contributed by atoms with Crippen LogP contribution in [0.4, 0.5) is 10.1 Å². The minimum absolute atomic E-state index is 0.396. The van der Waals surface area contributed by atoms with Crippen LogP contribution in [0.15, 0.2) is 48.8 Å². The van der Waals surface area contributed by atoms with Crippen LogP contribution in [-0.4, -0.2) is 21.9 Å². The molecule has 6 heteroatoms. The molecule has 0 aliphatic heterocycles. The summed E-state index contributed by atoms with van der Waals surface area (Å²) in [5.74, 6) is 0.367. The van der Waals surface area contributed by atoms with Gasteiger partial charge >= 0.3 is 0 Å². The molecule has 5 nitrogen and oxygen atoms in total. The molecular formula is C15H13FN4O. The number of methoxy groups -OCH3 is 1. The summed E-state index contributed by atoms with van der Waals surface area (Å²) in [4.78, 5) is 3.99. The van der Waals surface area contributed by atoms with Gasteiger partial charge in [-0.05, 0) is 36.4 Å². The highest BCUT2D eigenvalue weighted by Crippen LogP contribution is 2.24. The quantitative estimate of drug-likeness (QED) is 0.803. The number of pyridine rings is 1. The molecule has 2 aromatic heterocycles. The molecule has 0 aliphatic carbocycles. The Morgan fingerprint density at radius 2 is 1.90 bits per heavy atom. The van der Waals surface area contributed by atoms with E-state index in [1.54, 1.807) is 24.1 Å². The zero-order valence-corrected chi connectivity index (χ0v) is 11.3. The zero-order valence-electron chi connectivity index (χ0n) is 11.3. The van der Waals surface area contributed by atoms with Crippen molar-refractivity contribution < 1.29 is 9.13 Å². The third-order valence-corrected chi connectivity index (χ3v) is 3.05. The van der Waals surface area contributed by atoms with Gasteiger partial charge in [-0.15, -0.1) is 0 Å². The third kappa shape index (κ3) is 2.55. The molecule has 0 unspecified atom stereocenters. The number of nitrogens with zero attached hydrogens (tertiary/aromatic N) is 3. The molecule has 106 valence electrons. The van der Waals surface area contributed by atoms with Gasteiger partial charge in [-0.3, -0.25) is 4.98 Å². The van der Waals surface area contributed by atoms with Crippen molar-refractivity contribution in [3.8, 4) is 22.8 Å². The van der Waals surface area contributed by atoms with E-state index in [0.29, 0.717) is 17.1 Å². The van der Waals surface area contributed by atoms with Crippen molar-refractivity contribution >= 4 is 5.69 Å². The van der Waals surface area contributed by atoms with E-state index in [-0.39, 0.29) is 0 Å². The lowest BCUT2D eigenvalue weighted by Crippen LogP contribution is -1.95. The summed E-state index contributed by atoms with van der Waals surface area (Å²) in [6.45, 7) is 0.